The number of hydrogen-bond acceptors (Lipinski definition) is 6. The molecule has 2 amide bonds. The van der Waals surface area contributed by atoms with E-state index >= 15 is 0 Å². The Balaban J connectivity index is 1.83. The summed E-state index contributed by atoms with van der Waals surface area (Å²) in [5.41, 5.74) is -0.478. The molecule has 0 atom stereocenters. The average Bonchev–Trinajstić information content (AvgIpc) is 2.69. The van der Waals surface area contributed by atoms with Crippen LogP contribution in [0.4, 0.5) is 9.18 Å². The van der Waals surface area contributed by atoms with E-state index in [9.17, 15) is 22.4 Å². The topological polar surface area (TPSA) is 102 Å². The minimum Gasteiger partial charge on any atom is -0.489 e. The zero-order chi connectivity index (χ0) is 24.8. The highest BCUT2D eigenvalue weighted by molar-refractivity contribution is 7.91. The van der Waals surface area contributed by atoms with Crippen LogP contribution in [0.2, 0.25) is 0 Å². The molecule has 0 bridgehead atoms. The standard InChI is InChI=1S/C23H33FN2O6S/c1-16(2)21(27)26-12-18(13-26)15-33(29,30)20-8-6-19(7-9-20)31-14-17(10-24)11-25-22(28)32-23(3,4)5/h6-10,16,18H,11-15H2,1-5H3,(H,25,28)/b17-10+. The van der Waals surface area contributed by atoms with Crippen LogP contribution < -0.4 is 10.1 Å². The first-order valence-electron chi connectivity index (χ1n) is 10.8. The minimum atomic E-state index is -3.50. The zero-order valence-corrected chi connectivity index (χ0v) is 20.6. The van der Waals surface area contributed by atoms with Crippen molar-refractivity contribution in [3.8, 4) is 5.75 Å². The molecule has 0 unspecified atom stereocenters. The largest absolute Gasteiger partial charge is 0.489 e. The Kier molecular flexibility index (Phi) is 8.88. The number of carbonyl (C=O) groups excluding carboxylic acids is 2. The summed E-state index contributed by atoms with van der Waals surface area (Å²) in [6.07, 6.45) is -0.318. The molecule has 10 heteroatoms. The molecular formula is C23H33FN2O6S. The highest BCUT2D eigenvalue weighted by Gasteiger charge is 2.35. The first-order valence-corrected chi connectivity index (χ1v) is 12.5. The summed E-state index contributed by atoms with van der Waals surface area (Å²) >= 11 is 0. The van der Waals surface area contributed by atoms with E-state index < -0.39 is 21.5 Å². The summed E-state index contributed by atoms with van der Waals surface area (Å²) in [6, 6.07) is 5.88. The molecule has 8 nitrogen and oxygen atoms in total. The molecule has 1 aliphatic rings. The Morgan fingerprint density at radius 1 is 1.21 bits per heavy atom. The highest BCUT2D eigenvalue weighted by Crippen LogP contribution is 2.24. The fourth-order valence-electron chi connectivity index (χ4n) is 3.17. The second kappa shape index (κ2) is 11.0. The summed E-state index contributed by atoms with van der Waals surface area (Å²) < 4.78 is 49.0. The number of rotatable bonds is 9. The summed E-state index contributed by atoms with van der Waals surface area (Å²) in [5.74, 6) is 0.190. The van der Waals surface area contributed by atoms with Gasteiger partial charge in [0.2, 0.25) is 5.91 Å². The van der Waals surface area contributed by atoms with Crippen LogP contribution >= 0.6 is 0 Å². The second-order valence-electron chi connectivity index (χ2n) is 9.43. The number of amides is 2. The van der Waals surface area contributed by atoms with Crippen molar-refractivity contribution in [2.24, 2.45) is 11.8 Å². The molecule has 33 heavy (non-hydrogen) atoms. The van der Waals surface area contributed by atoms with Gasteiger partial charge in [0.1, 0.15) is 18.0 Å². The van der Waals surface area contributed by atoms with Crippen molar-refractivity contribution in [2.45, 2.75) is 45.1 Å². The van der Waals surface area contributed by atoms with Gasteiger partial charge in [-0.1, -0.05) is 13.8 Å². The van der Waals surface area contributed by atoms with Gasteiger partial charge in [-0.25, -0.2) is 17.6 Å². The van der Waals surface area contributed by atoms with Crippen molar-refractivity contribution in [3.63, 3.8) is 0 Å². The lowest BCUT2D eigenvalue weighted by atomic mass is 10.0. The molecule has 1 aromatic carbocycles. The van der Waals surface area contributed by atoms with Crippen molar-refractivity contribution in [2.75, 3.05) is 32.0 Å². The number of nitrogens with one attached hydrogen (secondary N) is 1. The van der Waals surface area contributed by atoms with Crippen molar-refractivity contribution in [3.05, 3.63) is 36.2 Å². The van der Waals surface area contributed by atoms with E-state index in [4.69, 9.17) is 9.47 Å². The number of ether oxygens (including phenoxy) is 2. The van der Waals surface area contributed by atoms with E-state index in [1.54, 1.807) is 25.7 Å². The van der Waals surface area contributed by atoms with E-state index in [2.05, 4.69) is 5.32 Å². The molecule has 0 aliphatic carbocycles. The molecule has 0 aromatic heterocycles. The predicted octanol–water partition coefficient (Wildman–Crippen LogP) is 3.33. The normalized spacial score (nSPS) is 15.2. The molecule has 1 N–H and O–H groups in total. The lowest BCUT2D eigenvalue weighted by Crippen LogP contribution is -2.53. The number of halogens is 1. The predicted molar refractivity (Wildman–Crippen MR) is 122 cm³/mol. The molecular weight excluding hydrogens is 451 g/mol. The fraction of sp³-hybridized carbons (Fsp3) is 0.565. The van der Waals surface area contributed by atoms with Gasteiger partial charge < -0.3 is 19.7 Å². The van der Waals surface area contributed by atoms with Crippen LogP contribution in [0.1, 0.15) is 34.6 Å². The summed E-state index contributed by atoms with van der Waals surface area (Å²) in [6.45, 7) is 9.50. The maximum absolute atomic E-state index is 13.1. The lowest BCUT2D eigenvalue weighted by molar-refractivity contribution is -0.140. The van der Waals surface area contributed by atoms with E-state index in [0.717, 1.165) is 0 Å². The van der Waals surface area contributed by atoms with Gasteiger partial charge in [-0.3, -0.25) is 4.79 Å². The van der Waals surface area contributed by atoms with Gasteiger partial charge in [0.05, 0.1) is 17.0 Å². The van der Waals surface area contributed by atoms with E-state index in [0.29, 0.717) is 25.2 Å². The van der Waals surface area contributed by atoms with Gasteiger partial charge in [0.25, 0.3) is 0 Å². The van der Waals surface area contributed by atoms with Gasteiger partial charge in [-0.15, -0.1) is 0 Å². The third-order valence-corrected chi connectivity index (χ3v) is 6.74. The van der Waals surface area contributed by atoms with Crippen molar-refractivity contribution < 1.29 is 31.9 Å². The maximum atomic E-state index is 13.1. The van der Waals surface area contributed by atoms with Crippen molar-refractivity contribution >= 4 is 21.8 Å². The number of alkyl carbamates (subject to hydrolysis) is 1. The first-order chi connectivity index (χ1) is 15.3. The Hall–Kier alpha value is -2.62. The Morgan fingerprint density at radius 2 is 1.82 bits per heavy atom. The zero-order valence-electron chi connectivity index (χ0n) is 19.8. The van der Waals surface area contributed by atoms with E-state index in [1.807, 2.05) is 13.8 Å². The van der Waals surface area contributed by atoms with Gasteiger partial charge in [0, 0.05) is 37.0 Å². The molecule has 1 saturated heterocycles. The van der Waals surface area contributed by atoms with Crippen LogP contribution in [0.15, 0.2) is 41.1 Å². The third-order valence-electron chi connectivity index (χ3n) is 4.84. The number of benzene rings is 1. The Labute approximate surface area is 195 Å². The summed E-state index contributed by atoms with van der Waals surface area (Å²) in [4.78, 5) is 25.4. The first kappa shape index (κ1) is 26.6. The smallest absolute Gasteiger partial charge is 0.407 e. The summed E-state index contributed by atoms with van der Waals surface area (Å²) in [7, 11) is -3.50. The number of nitrogens with zero attached hydrogens (tertiary/aromatic N) is 1. The molecule has 1 aromatic rings. The van der Waals surface area contributed by atoms with Crippen LogP contribution in [0.5, 0.6) is 5.75 Å². The molecule has 184 valence electrons. The Bertz CT molecular complexity index is 962. The van der Waals surface area contributed by atoms with Crippen molar-refractivity contribution in [1.29, 1.82) is 0 Å². The van der Waals surface area contributed by atoms with Crippen LogP contribution in [0.25, 0.3) is 0 Å². The monoisotopic (exact) mass is 484 g/mol. The third kappa shape index (κ3) is 8.34. The molecule has 0 spiro atoms. The molecule has 1 fully saturated rings. The van der Waals surface area contributed by atoms with Crippen LogP contribution in [-0.4, -0.2) is 62.9 Å². The lowest BCUT2D eigenvalue weighted by Gasteiger charge is -2.40. The Morgan fingerprint density at radius 3 is 2.33 bits per heavy atom. The average molecular weight is 485 g/mol. The molecule has 0 radical (unpaired) electrons. The number of hydrogen-bond donors (Lipinski definition) is 1. The maximum Gasteiger partial charge on any atom is 0.407 e. The van der Waals surface area contributed by atoms with Gasteiger partial charge >= 0.3 is 6.09 Å². The van der Waals surface area contributed by atoms with E-state index in [-0.39, 0.29) is 47.1 Å². The van der Waals surface area contributed by atoms with Crippen molar-refractivity contribution in [1.82, 2.24) is 10.2 Å². The van der Waals surface area contributed by atoms with Crippen LogP contribution in [0.3, 0.4) is 0 Å². The van der Waals surface area contributed by atoms with E-state index in [1.165, 1.54) is 24.3 Å². The minimum absolute atomic E-state index is 0.0276. The van der Waals surface area contributed by atoms with Gasteiger partial charge in [-0.05, 0) is 45.0 Å². The molecule has 1 aliphatic heterocycles. The van der Waals surface area contributed by atoms with Gasteiger partial charge in [-0.2, -0.15) is 0 Å². The number of sulfone groups is 1. The SMILES string of the molecule is CC(C)C(=O)N1CC(CS(=O)(=O)c2ccc(OC/C(=C/F)CNC(=O)OC(C)(C)C)cc2)C1. The van der Waals surface area contributed by atoms with Gasteiger partial charge in [0.15, 0.2) is 9.84 Å². The van der Waals surface area contributed by atoms with Crippen LogP contribution in [0, 0.1) is 11.8 Å². The number of likely N-dealkylation sites (tertiary alicyclic amines) is 1. The number of carbonyl (C=O) groups is 2. The second-order valence-corrected chi connectivity index (χ2v) is 11.5. The quantitative estimate of drug-likeness (QED) is 0.577. The summed E-state index contributed by atoms with van der Waals surface area (Å²) in [5, 5.41) is 2.45. The highest BCUT2D eigenvalue weighted by atomic mass is 32.2. The fourth-order valence-corrected chi connectivity index (χ4v) is 4.74. The molecule has 2 rings (SSSR count). The molecule has 1 heterocycles. The molecule has 0 saturated carbocycles. The van der Waals surface area contributed by atoms with Crippen LogP contribution in [-0.2, 0) is 19.4 Å².